The number of hydrogen-bond acceptors (Lipinski definition) is 2. The molecule has 0 saturated heterocycles. The number of hydrogen-bond donors (Lipinski definition) is 1. The fourth-order valence-electron chi connectivity index (χ4n) is 3.96. The predicted octanol–water partition coefficient (Wildman–Crippen LogP) is 3.23. The van der Waals surface area contributed by atoms with Gasteiger partial charge in [-0.25, -0.2) is 0 Å². The lowest BCUT2D eigenvalue weighted by Crippen LogP contribution is -2.29. The molecule has 0 aliphatic heterocycles. The number of fused-ring (bicyclic) bond motifs is 1. The number of nitrogens with zero attached hydrogens (tertiary/aromatic N) is 1. The van der Waals surface area contributed by atoms with E-state index in [9.17, 15) is 5.11 Å². The van der Waals surface area contributed by atoms with Crippen LogP contribution in [0.25, 0.3) is 0 Å². The summed E-state index contributed by atoms with van der Waals surface area (Å²) in [6.45, 7) is 4.50. The number of rotatable bonds is 2. The Morgan fingerprint density at radius 2 is 2.16 bits per heavy atom. The minimum atomic E-state index is -0.303. The summed E-state index contributed by atoms with van der Waals surface area (Å²) in [5.41, 5.74) is 2.66. The first kappa shape index (κ1) is 13.2. The lowest BCUT2D eigenvalue weighted by molar-refractivity contribution is 0.0692. The Morgan fingerprint density at radius 3 is 2.89 bits per heavy atom. The van der Waals surface area contributed by atoms with E-state index in [0.29, 0.717) is 12.1 Å². The minimum absolute atomic E-state index is 0.184. The summed E-state index contributed by atoms with van der Waals surface area (Å²) in [5, 5.41) is 10.3. The van der Waals surface area contributed by atoms with Gasteiger partial charge in [0, 0.05) is 24.6 Å². The van der Waals surface area contributed by atoms with Gasteiger partial charge < -0.3 is 14.4 Å². The first-order chi connectivity index (χ1) is 9.02. The van der Waals surface area contributed by atoms with E-state index >= 15 is 0 Å². The van der Waals surface area contributed by atoms with Crippen molar-refractivity contribution >= 4 is 0 Å². The number of ether oxygens (including phenoxy) is 1. The van der Waals surface area contributed by atoms with Gasteiger partial charge in [0.25, 0.3) is 0 Å². The van der Waals surface area contributed by atoms with Crippen LogP contribution in [0.2, 0.25) is 0 Å². The number of aliphatic hydroxyl groups is 1. The van der Waals surface area contributed by atoms with Crippen LogP contribution in [0.3, 0.4) is 0 Å². The molecular weight excluding hydrogens is 238 g/mol. The molecule has 1 aromatic rings. The molecule has 3 rings (SSSR count). The van der Waals surface area contributed by atoms with Crippen molar-refractivity contribution in [3.05, 3.63) is 23.5 Å². The van der Waals surface area contributed by atoms with Gasteiger partial charge in [0.05, 0.1) is 18.2 Å². The summed E-state index contributed by atoms with van der Waals surface area (Å²) >= 11 is 0. The lowest BCUT2D eigenvalue weighted by Gasteiger charge is -2.35. The first-order valence-corrected chi connectivity index (χ1v) is 7.42. The second kappa shape index (κ2) is 4.64. The maximum atomic E-state index is 10.3. The van der Waals surface area contributed by atoms with E-state index in [1.54, 1.807) is 0 Å². The van der Waals surface area contributed by atoms with Gasteiger partial charge >= 0.3 is 0 Å². The maximum Gasteiger partial charge on any atom is 0.0812 e. The molecule has 3 nitrogen and oxygen atoms in total. The van der Waals surface area contributed by atoms with E-state index < -0.39 is 0 Å². The SMILES string of the molecule is COC1CCCC1n1ccc2c1CC(C)(C)CC2O. The highest BCUT2D eigenvalue weighted by molar-refractivity contribution is 5.30. The van der Waals surface area contributed by atoms with E-state index in [1.807, 2.05) is 7.11 Å². The van der Waals surface area contributed by atoms with Gasteiger partial charge in [-0.3, -0.25) is 0 Å². The summed E-state index contributed by atoms with van der Waals surface area (Å²) < 4.78 is 8.02. The molecule has 0 bridgehead atoms. The smallest absolute Gasteiger partial charge is 0.0812 e. The fraction of sp³-hybridized carbons (Fsp3) is 0.750. The molecule has 0 radical (unpaired) electrons. The Bertz CT molecular complexity index is 463. The zero-order valence-electron chi connectivity index (χ0n) is 12.2. The number of aliphatic hydroxyl groups excluding tert-OH is 1. The molecule has 2 aliphatic carbocycles. The summed E-state index contributed by atoms with van der Waals surface area (Å²) in [7, 11) is 1.82. The van der Waals surface area contributed by atoms with Crippen molar-refractivity contribution in [2.45, 2.75) is 64.2 Å². The van der Waals surface area contributed by atoms with Crippen LogP contribution in [0.5, 0.6) is 0 Å². The second-order valence-electron chi connectivity index (χ2n) is 6.96. The minimum Gasteiger partial charge on any atom is -0.388 e. The average molecular weight is 263 g/mol. The Labute approximate surface area is 115 Å². The zero-order chi connectivity index (χ0) is 13.6. The fourth-order valence-corrected chi connectivity index (χ4v) is 3.96. The third-order valence-corrected chi connectivity index (χ3v) is 4.89. The summed E-state index contributed by atoms with van der Waals surface area (Å²) in [4.78, 5) is 0. The van der Waals surface area contributed by atoms with Crippen LogP contribution in [-0.2, 0) is 11.2 Å². The van der Waals surface area contributed by atoms with Gasteiger partial charge in [0.2, 0.25) is 0 Å². The quantitative estimate of drug-likeness (QED) is 0.889. The summed E-state index contributed by atoms with van der Waals surface area (Å²) in [6, 6.07) is 2.56. The van der Waals surface area contributed by atoms with Gasteiger partial charge in [-0.2, -0.15) is 0 Å². The molecule has 0 amide bonds. The van der Waals surface area contributed by atoms with E-state index in [-0.39, 0.29) is 11.5 Å². The van der Waals surface area contributed by atoms with Gasteiger partial charge in [0.1, 0.15) is 0 Å². The molecule has 3 atom stereocenters. The van der Waals surface area contributed by atoms with E-state index in [1.165, 1.54) is 18.5 Å². The van der Waals surface area contributed by atoms with E-state index in [4.69, 9.17) is 4.74 Å². The Hall–Kier alpha value is -0.800. The highest BCUT2D eigenvalue weighted by Crippen LogP contribution is 2.43. The van der Waals surface area contributed by atoms with Crippen LogP contribution in [0, 0.1) is 5.41 Å². The van der Waals surface area contributed by atoms with Crippen LogP contribution in [0.4, 0.5) is 0 Å². The standard InChI is InChI=1S/C16H25NO2/c1-16(2)9-13-11(14(18)10-16)7-8-17(13)12-5-4-6-15(12)19-3/h7-8,12,14-15,18H,4-6,9-10H2,1-3H3. The second-order valence-corrected chi connectivity index (χ2v) is 6.96. The monoisotopic (exact) mass is 263 g/mol. The largest absolute Gasteiger partial charge is 0.388 e. The highest BCUT2D eigenvalue weighted by atomic mass is 16.5. The first-order valence-electron chi connectivity index (χ1n) is 7.42. The third-order valence-electron chi connectivity index (χ3n) is 4.89. The third kappa shape index (κ3) is 2.23. The molecule has 19 heavy (non-hydrogen) atoms. The molecule has 3 heteroatoms. The molecule has 0 aromatic carbocycles. The van der Waals surface area contributed by atoms with Crippen molar-refractivity contribution in [3.8, 4) is 0 Å². The Balaban J connectivity index is 1.97. The van der Waals surface area contributed by atoms with E-state index in [0.717, 1.165) is 24.8 Å². The molecule has 106 valence electrons. The van der Waals surface area contributed by atoms with Crippen molar-refractivity contribution in [2.24, 2.45) is 5.41 Å². The number of methoxy groups -OCH3 is 1. The van der Waals surface area contributed by atoms with Crippen LogP contribution >= 0.6 is 0 Å². The molecule has 1 saturated carbocycles. The van der Waals surface area contributed by atoms with Crippen LogP contribution in [0.1, 0.15) is 62.9 Å². The van der Waals surface area contributed by atoms with Gasteiger partial charge in [-0.15, -0.1) is 0 Å². The normalized spacial score (nSPS) is 33.4. The van der Waals surface area contributed by atoms with Crippen molar-refractivity contribution in [3.63, 3.8) is 0 Å². The summed E-state index contributed by atoms with van der Waals surface area (Å²) in [6.07, 6.45) is 7.69. The van der Waals surface area contributed by atoms with Gasteiger partial charge in [-0.1, -0.05) is 13.8 Å². The predicted molar refractivity (Wildman–Crippen MR) is 75.2 cm³/mol. The van der Waals surface area contributed by atoms with Crippen molar-refractivity contribution in [1.82, 2.24) is 4.57 Å². The maximum absolute atomic E-state index is 10.3. The molecule has 1 aromatic heterocycles. The van der Waals surface area contributed by atoms with Crippen LogP contribution in [0.15, 0.2) is 12.3 Å². The van der Waals surface area contributed by atoms with Crippen molar-refractivity contribution < 1.29 is 9.84 Å². The molecule has 0 spiro atoms. The molecule has 3 unspecified atom stereocenters. The average Bonchev–Trinajstić information content (AvgIpc) is 2.92. The zero-order valence-corrected chi connectivity index (χ0v) is 12.2. The molecule has 1 N–H and O–H groups in total. The van der Waals surface area contributed by atoms with Crippen molar-refractivity contribution in [1.29, 1.82) is 0 Å². The van der Waals surface area contributed by atoms with E-state index in [2.05, 4.69) is 30.7 Å². The molecular formula is C16H25NO2. The number of aromatic nitrogens is 1. The van der Waals surface area contributed by atoms with Crippen LogP contribution in [-0.4, -0.2) is 22.9 Å². The summed E-state index contributed by atoms with van der Waals surface area (Å²) in [5.74, 6) is 0. The Kier molecular flexibility index (Phi) is 3.22. The van der Waals surface area contributed by atoms with Crippen molar-refractivity contribution in [2.75, 3.05) is 7.11 Å². The topological polar surface area (TPSA) is 34.4 Å². The van der Waals surface area contributed by atoms with Gasteiger partial charge in [0.15, 0.2) is 0 Å². The highest BCUT2D eigenvalue weighted by Gasteiger charge is 2.36. The molecule has 1 heterocycles. The molecule has 1 fully saturated rings. The Morgan fingerprint density at radius 1 is 1.37 bits per heavy atom. The molecule has 2 aliphatic rings. The lowest BCUT2D eigenvalue weighted by atomic mass is 9.75. The van der Waals surface area contributed by atoms with Crippen LogP contribution < -0.4 is 0 Å². The van der Waals surface area contributed by atoms with Gasteiger partial charge in [-0.05, 0) is 43.6 Å².